The molecular formula is C58H103O11P. The lowest BCUT2D eigenvalue weighted by Gasteiger charge is -2.21. The maximum Gasteiger partial charge on any atom is 0.472 e. The Hall–Kier alpha value is -2.82. The van der Waals surface area contributed by atoms with E-state index in [1.807, 2.05) is 0 Å². The fraction of sp³-hybridized carbons (Fsp3) is 0.776. The molecule has 0 aliphatic rings. The zero-order valence-corrected chi connectivity index (χ0v) is 45.6. The summed E-state index contributed by atoms with van der Waals surface area (Å²) in [5, 5.41) is 9.79. The summed E-state index contributed by atoms with van der Waals surface area (Å²) in [5.41, 5.74) is 0. The number of aliphatic hydroxyl groups excluding tert-OH is 1. The van der Waals surface area contributed by atoms with Gasteiger partial charge in [0.05, 0.1) is 19.8 Å². The van der Waals surface area contributed by atoms with E-state index in [1.165, 1.54) is 83.5 Å². The van der Waals surface area contributed by atoms with E-state index >= 15 is 0 Å². The Morgan fingerprint density at radius 1 is 0.414 bits per heavy atom. The van der Waals surface area contributed by atoms with Crippen molar-refractivity contribution < 1.29 is 52.2 Å². The van der Waals surface area contributed by atoms with Crippen LogP contribution in [0.2, 0.25) is 0 Å². The van der Waals surface area contributed by atoms with E-state index < -0.39 is 57.8 Å². The van der Waals surface area contributed by atoms with Gasteiger partial charge in [0.25, 0.3) is 0 Å². The van der Waals surface area contributed by atoms with E-state index in [1.54, 1.807) is 0 Å². The third kappa shape index (κ3) is 50.1. The smallest absolute Gasteiger partial charge is 0.462 e. The third-order valence-corrected chi connectivity index (χ3v) is 12.8. The molecule has 406 valence electrons. The number of aliphatic hydroxyl groups is 1. The molecule has 0 spiro atoms. The molecule has 11 nitrogen and oxygen atoms in total. The lowest BCUT2D eigenvalue weighted by molar-refractivity contribution is -0.161. The molecule has 2 N–H and O–H groups in total. The number of phosphoric acid groups is 1. The Morgan fingerprint density at radius 3 is 1.19 bits per heavy atom. The van der Waals surface area contributed by atoms with Gasteiger partial charge in [-0.15, -0.1) is 0 Å². The Kier molecular flexibility index (Phi) is 50.4. The summed E-state index contributed by atoms with van der Waals surface area (Å²) in [6, 6.07) is 0. The van der Waals surface area contributed by atoms with E-state index in [0.717, 1.165) is 109 Å². The van der Waals surface area contributed by atoms with E-state index in [2.05, 4.69) is 81.5 Å². The maximum atomic E-state index is 12.9. The lowest BCUT2D eigenvalue weighted by atomic mass is 10.1. The molecule has 3 unspecified atom stereocenters. The number of allylic oxidation sites excluding steroid dienone is 10. The zero-order valence-electron chi connectivity index (χ0n) is 44.7. The number of hydrogen-bond acceptors (Lipinski definition) is 10. The fourth-order valence-electron chi connectivity index (χ4n) is 7.59. The number of esters is 3. The molecule has 0 aromatic heterocycles. The second-order valence-electron chi connectivity index (χ2n) is 18.7. The van der Waals surface area contributed by atoms with Crippen molar-refractivity contribution in [1.29, 1.82) is 0 Å². The topological polar surface area (TPSA) is 155 Å². The van der Waals surface area contributed by atoms with Gasteiger partial charge in [0.15, 0.2) is 6.10 Å². The Morgan fingerprint density at radius 2 is 0.743 bits per heavy atom. The van der Waals surface area contributed by atoms with Crippen molar-refractivity contribution in [1.82, 2.24) is 0 Å². The summed E-state index contributed by atoms with van der Waals surface area (Å²) in [4.78, 5) is 48.4. The molecule has 0 aromatic rings. The molecule has 0 amide bonds. The van der Waals surface area contributed by atoms with Gasteiger partial charge in [-0.1, -0.05) is 191 Å². The van der Waals surface area contributed by atoms with Crippen LogP contribution in [0.25, 0.3) is 0 Å². The molecule has 0 radical (unpaired) electrons. The summed E-state index contributed by atoms with van der Waals surface area (Å²) in [6.07, 6.45) is 56.1. The number of ether oxygens (including phenoxy) is 3. The van der Waals surface area contributed by atoms with E-state index in [9.17, 15) is 28.9 Å². The quantitative estimate of drug-likeness (QED) is 0.0197. The molecule has 70 heavy (non-hydrogen) atoms. The van der Waals surface area contributed by atoms with E-state index in [-0.39, 0.29) is 25.9 Å². The zero-order chi connectivity index (χ0) is 51.3. The minimum absolute atomic E-state index is 0.141. The van der Waals surface area contributed by atoms with Crippen LogP contribution in [0.1, 0.15) is 252 Å². The first-order chi connectivity index (χ1) is 34.2. The first kappa shape index (κ1) is 67.2. The summed E-state index contributed by atoms with van der Waals surface area (Å²) in [5.74, 6) is -1.50. The van der Waals surface area contributed by atoms with Gasteiger partial charge in [-0.05, 0) is 103 Å². The molecule has 0 saturated heterocycles. The van der Waals surface area contributed by atoms with Gasteiger partial charge in [0, 0.05) is 19.3 Å². The van der Waals surface area contributed by atoms with E-state index in [4.69, 9.17) is 23.3 Å². The van der Waals surface area contributed by atoms with Crippen LogP contribution in [0, 0.1) is 0 Å². The summed E-state index contributed by atoms with van der Waals surface area (Å²) >= 11 is 0. The van der Waals surface area contributed by atoms with Crippen molar-refractivity contribution in [2.75, 3.05) is 26.4 Å². The van der Waals surface area contributed by atoms with Crippen LogP contribution in [-0.2, 0) is 42.2 Å². The van der Waals surface area contributed by atoms with E-state index in [0.29, 0.717) is 19.3 Å². The average Bonchev–Trinajstić information content (AvgIpc) is 3.35. The van der Waals surface area contributed by atoms with Crippen LogP contribution < -0.4 is 0 Å². The summed E-state index contributed by atoms with van der Waals surface area (Å²) in [7, 11) is -4.75. The minimum Gasteiger partial charge on any atom is -0.462 e. The fourth-order valence-corrected chi connectivity index (χ4v) is 8.38. The van der Waals surface area contributed by atoms with Crippen LogP contribution in [-0.4, -0.2) is 66.5 Å². The molecule has 0 fully saturated rings. The van der Waals surface area contributed by atoms with Gasteiger partial charge in [0.1, 0.15) is 12.7 Å². The summed E-state index contributed by atoms with van der Waals surface area (Å²) in [6.45, 7) is 4.47. The average molecular weight is 1010 g/mol. The van der Waals surface area contributed by atoms with Crippen molar-refractivity contribution in [3.8, 4) is 0 Å². The molecular weight excluding hydrogens is 904 g/mol. The Balaban J connectivity index is 4.76. The first-order valence-corrected chi connectivity index (χ1v) is 29.7. The number of rotatable bonds is 52. The molecule has 12 heteroatoms. The van der Waals surface area contributed by atoms with Crippen LogP contribution >= 0.6 is 7.82 Å². The van der Waals surface area contributed by atoms with Gasteiger partial charge in [-0.25, -0.2) is 4.57 Å². The highest BCUT2D eigenvalue weighted by molar-refractivity contribution is 7.47. The Bertz CT molecular complexity index is 1410. The van der Waals surface area contributed by atoms with Crippen molar-refractivity contribution in [3.63, 3.8) is 0 Å². The first-order valence-electron chi connectivity index (χ1n) is 28.2. The van der Waals surface area contributed by atoms with Gasteiger partial charge in [0.2, 0.25) is 0 Å². The number of carbonyl (C=O) groups is 3. The highest BCUT2D eigenvalue weighted by atomic mass is 31.2. The molecule has 0 bridgehead atoms. The standard InChI is InChI=1S/C58H103O11P/c1-4-7-10-13-16-19-22-25-26-27-28-31-34-37-40-43-46-49-58(62)69-55(51-65-56(60)47-44-41-38-35-32-29-23-20-17-14-11-8-5-2)53-67-70(63,64)66-52-54(50-59)68-57(61)48-45-42-39-36-33-30-24-21-18-15-12-9-6-3/h9,12,18,20-21,23,25-26,30,33,54-55,59H,4-8,10-11,13-17,19,22,24,27-29,31-32,34-53H2,1-3H3,(H,63,64)/b12-9-,21-18-,23-20-,26-25-,33-30-. The highest BCUT2D eigenvalue weighted by Gasteiger charge is 2.28. The number of phosphoric ester groups is 1. The molecule has 3 atom stereocenters. The van der Waals surface area contributed by atoms with Crippen molar-refractivity contribution in [2.24, 2.45) is 0 Å². The summed E-state index contributed by atoms with van der Waals surface area (Å²) < 4.78 is 39.4. The van der Waals surface area contributed by atoms with Gasteiger partial charge in [-0.3, -0.25) is 23.4 Å². The normalized spacial score (nSPS) is 13.8. The monoisotopic (exact) mass is 1010 g/mol. The van der Waals surface area contributed by atoms with Crippen LogP contribution in [0.15, 0.2) is 60.8 Å². The SMILES string of the molecule is CC/C=C\C/C=C\C/C=C\CCCCCC(=O)OC(CO)COP(=O)(O)OCC(COC(=O)CCCCCCC/C=C\CCCCCC)OC(=O)CCCCCCCCC/C=C\CCCCCCCC. The van der Waals surface area contributed by atoms with Gasteiger partial charge in [-0.2, -0.15) is 0 Å². The van der Waals surface area contributed by atoms with Crippen molar-refractivity contribution in [3.05, 3.63) is 60.8 Å². The van der Waals surface area contributed by atoms with Crippen LogP contribution in [0.3, 0.4) is 0 Å². The van der Waals surface area contributed by atoms with Crippen molar-refractivity contribution in [2.45, 2.75) is 264 Å². The second-order valence-corrected chi connectivity index (χ2v) is 20.2. The third-order valence-electron chi connectivity index (χ3n) is 11.9. The molecule has 0 aliphatic heterocycles. The minimum atomic E-state index is -4.75. The van der Waals surface area contributed by atoms with Crippen molar-refractivity contribution >= 4 is 25.7 Å². The molecule has 0 rings (SSSR count). The molecule has 0 aliphatic carbocycles. The number of carbonyl (C=O) groups excluding carboxylic acids is 3. The largest absolute Gasteiger partial charge is 0.472 e. The molecule has 0 aromatic carbocycles. The molecule has 0 saturated carbocycles. The molecule has 0 heterocycles. The van der Waals surface area contributed by atoms with Gasteiger partial charge < -0.3 is 24.2 Å². The van der Waals surface area contributed by atoms with Crippen LogP contribution in [0.4, 0.5) is 0 Å². The van der Waals surface area contributed by atoms with Crippen LogP contribution in [0.5, 0.6) is 0 Å². The second kappa shape index (κ2) is 52.5. The predicted octanol–water partition coefficient (Wildman–Crippen LogP) is 16.4. The lowest BCUT2D eigenvalue weighted by Crippen LogP contribution is -2.30. The van der Waals surface area contributed by atoms with Gasteiger partial charge >= 0.3 is 25.7 Å². The predicted molar refractivity (Wildman–Crippen MR) is 288 cm³/mol. The Labute approximate surface area is 427 Å². The highest BCUT2D eigenvalue weighted by Crippen LogP contribution is 2.43. The number of unbranched alkanes of at least 4 members (excludes halogenated alkanes) is 25. The maximum absolute atomic E-state index is 12.9. The number of hydrogen-bond donors (Lipinski definition) is 2.